The second-order valence-corrected chi connectivity index (χ2v) is 12.3. The summed E-state index contributed by atoms with van der Waals surface area (Å²) < 4.78 is 7.16. The van der Waals surface area contributed by atoms with Gasteiger partial charge in [-0.2, -0.15) is 10.2 Å². The van der Waals surface area contributed by atoms with Crippen LogP contribution in [0.1, 0.15) is 80.3 Å². The summed E-state index contributed by atoms with van der Waals surface area (Å²) in [6.45, 7) is 28.8. The number of allylic oxidation sites excluding steroid dienone is 7. The van der Waals surface area contributed by atoms with Gasteiger partial charge in [0.05, 0.1) is 24.6 Å². The number of anilines is 1. The zero-order valence-electron chi connectivity index (χ0n) is 33.4. The Bertz CT molecular complexity index is 1520. The molecule has 0 bridgehead atoms. The number of carbonyl (C=O) groups excluding carboxylic acids is 1. The van der Waals surface area contributed by atoms with E-state index < -0.39 is 0 Å². The molecule has 0 aliphatic rings. The van der Waals surface area contributed by atoms with Crippen molar-refractivity contribution in [3.63, 3.8) is 0 Å². The minimum Gasteiger partial charge on any atom is -0.383 e. The number of aryl methyl sites for hydroxylation is 1. The van der Waals surface area contributed by atoms with E-state index in [1.54, 1.807) is 31.6 Å². The number of carbonyl (C=O) groups is 1. The predicted molar refractivity (Wildman–Crippen MR) is 225 cm³/mol. The van der Waals surface area contributed by atoms with Gasteiger partial charge in [-0.15, -0.1) is 21.8 Å². The van der Waals surface area contributed by atoms with E-state index in [0.717, 1.165) is 52.3 Å². The number of fused-ring (bicyclic) bond motifs is 1. The summed E-state index contributed by atoms with van der Waals surface area (Å²) in [5.74, 6) is 2.12. The smallest absolute Gasteiger partial charge is 0.216 e. The molecule has 1 unspecified atom stereocenters. The van der Waals surface area contributed by atoms with Crippen LogP contribution in [0.5, 0.6) is 0 Å². The third-order valence-electron chi connectivity index (χ3n) is 6.46. The number of alkyl halides is 1. The number of halogens is 2. The second kappa shape index (κ2) is 30.5. The minimum absolute atomic E-state index is 0.0394. The van der Waals surface area contributed by atoms with Crippen LogP contribution < -0.4 is 10.6 Å². The molecule has 14 heteroatoms. The van der Waals surface area contributed by atoms with Crippen LogP contribution >= 0.6 is 23.2 Å². The molecule has 0 aromatic carbocycles. The third kappa shape index (κ3) is 23.4. The molecule has 0 saturated carbocycles. The first kappa shape index (κ1) is 50.0. The molecule has 0 aliphatic carbocycles. The first-order chi connectivity index (χ1) is 24.6. The Kier molecular flexibility index (Phi) is 29.3. The van der Waals surface area contributed by atoms with E-state index in [2.05, 4.69) is 74.9 Å². The van der Waals surface area contributed by atoms with Gasteiger partial charge in [0.25, 0.3) is 0 Å². The molecule has 2 heterocycles. The Morgan fingerprint density at radius 3 is 2.33 bits per heavy atom. The van der Waals surface area contributed by atoms with Crippen molar-refractivity contribution in [1.29, 1.82) is 0 Å². The number of nitrogens with zero attached hydrogens (tertiary/aromatic N) is 8. The van der Waals surface area contributed by atoms with Gasteiger partial charge in [0.1, 0.15) is 11.5 Å². The quantitative estimate of drug-likeness (QED) is 0.0578. The van der Waals surface area contributed by atoms with Crippen LogP contribution in [-0.2, 0) is 9.53 Å². The summed E-state index contributed by atoms with van der Waals surface area (Å²) in [6, 6.07) is 0.450. The Morgan fingerprint density at radius 2 is 1.83 bits per heavy atom. The number of methoxy groups -OCH3 is 1. The van der Waals surface area contributed by atoms with Crippen LogP contribution in [0, 0.1) is 6.92 Å². The molecule has 2 N–H and O–H groups in total. The van der Waals surface area contributed by atoms with E-state index in [4.69, 9.17) is 32.9 Å². The van der Waals surface area contributed by atoms with Gasteiger partial charge >= 0.3 is 0 Å². The normalized spacial score (nSPS) is 12.6. The lowest BCUT2D eigenvalue weighted by Gasteiger charge is -2.28. The number of aliphatic imine (C=N–C) groups is 1. The van der Waals surface area contributed by atoms with E-state index >= 15 is 0 Å². The molecule has 0 radical (unpaired) electrons. The van der Waals surface area contributed by atoms with Gasteiger partial charge in [0.15, 0.2) is 5.82 Å². The monoisotopic (exact) mass is 760 g/mol. The fraction of sp³-hybridized carbons (Fsp3) is 0.500. The molecule has 12 nitrogen and oxygen atoms in total. The average molecular weight is 762 g/mol. The van der Waals surface area contributed by atoms with Gasteiger partial charge in [-0.25, -0.2) is 4.98 Å². The van der Waals surface area contributed by atoms with Crippen LogP contribution in [0.4, 0.5) is 5.82 Å². The highest BCUT2D eigenvalue weighted by molar-refractivity contribution is 6.31. The average Bonchev–Trinajstić information content (AvgIpc) is 3.49. The SMILES string of the molecule is C/C=N\N=C(/C)CN=C(C)C/C=C\CCl.C=C(c1cn2c(C)nnc2c(NC(C)C)n1)N(C)C(C)COC.C=C/C=C\C(Cl)=C/C.CCNC(C)=O. The lowest BCUT2D eigenvalue weighted by atomic mass is 10.2. The Balaban J connectivity index is 0. The highest BCUT2D eigenvalue weighted by Crippen LogP contribution is 2.22. The predicted octanol–water partition coefficient (Wildman–Crippen LogP) is 8.30. The van der Waals surface area contributed by atoms with Crippen LogP contribution in [0.3, 0.4) is 0 Å². The zero-order valence-corrected chi connectivity index (χ0v) is 34.9. The lowest BCUT2D eigenvalue weighted by Crippen LogP contribution is -2.31. The fourth-order valence-electron chi connectivity index (χ4n) is 3.64. The molecular weight excluding hydrogens is 699 g/mol. The first-order valence-electron chi connectivity index (χ1n) is 17.1. The second-order valence-electron chi connectivity index (χ2n) is 11.5. The van der Waals surface area contributed by atoms with Crippen LogP contribution in [0.2, 0.25) is 0 Å². The number of likely N-dealkylation sites (N-methyl/N-ethyl adjacent to an activating group) is 1. The summed E-state index contributed by atoms with van der Waals surface area (Å²) >= 11 is 11.1. The van der Waals surface area contributed by atoms with Gasteiger partial charge in [-0.1, -0.05) is 55.1 Å². The zero-order chi connectivity index (χ0) is 40.1. The molecule has 0 aliphatic heterocycles. The standard InChI is InChI=1S/C16H26N6O.C11H18ClN3.C7H9Cl.C4H9NO/c1-10(2)17-15-16-20-19-13(5)22(16)8-14(18-15)12(4)21(6)11(3)9-23-7;1-4-14-15-11(3)9-13-10(2)7-5-6-8-12;1-3-5-6-7(8)4-2;1-3-5-4(2)6/h8,10-11H,4,9H2,1-3,5-7H3,(H,17,18);4-6H,7-9H2,1-3H3;3-6H,1H2,2H3;3H2,1-2H3,(H,5,6)/b;6-5-,13-10?,14-4-,15-11+;6-5-,7-4+;. The van der Waals surface area contributed by atoms with Gasteiger partial charge in [0.2, 0.25) is 11.6 Å². The number of hydrogen-bond donors (Lipinski definition) is 2. The number of nitrogens with one attached hydrogen (secondary N) is 2. The van der Waals surface area contributed by atoms with Crippen LogP contribution in [0.15, 0.2) is 76.0 Å². The van der Waals surface area contributed by atoms with Gasteiger partial charge in [-0.05, 0) is 68.4 Å². The lowest BCUT2D eigenvalue weighted by molar-refractivity contribution is -0.118. The highest BCUT2D eigenvalue weighted by atomic mass is 35.5. The van der Waals surface area contributed by atoms with E-state index in [-0.39, 0.29) is 18.0 Å². The van der Waals surface area contributed by atoms with E-state index in [9.17, 15) is 4.79 Å². The topological polar surface area (TPSA) is 134 Å². The summed E-state index contributed by atoms with van der Waals surface area (Å²) in [7, 11) is 3.69. The van der Waals surface area contributed by atoms with Crippen molar-refractivity contribution in [3.05, 3.63) is 72.4 Å². The molecule has 0 fully saturated rings. The largest absolute Gasteiger partial charge is 0.383 e. The minimum atomic E-state index is 0.0394. The third-order valence-corrected chi connectivity index (χ3v) is 6.98. The van der Waals surface area contributed by atoms with Crippen molar-refractivity contribution in [2.75, 3.05) is 45.1 Å². The molecule has 1 atom stereocenters. The van der Waals surface area contributed by atoms with Gasteiger partial charge in [-0.3, -0.25) is 14.2 Å². The summed E-state index contributed by atoms with van der Waals surface area (Å²) in [5.41, 5.74) is 4.32. The molecule has 0 spiro atoms. The molecule has 52 heavy (non-hydrogen) atoms. The van der Waals surface area contributed by atoms with Crippen molar-refractivity contribution in [2.24, 2.45) is 15.2 Å². The Morgan fingerprint density at radius 1 is 1.15 bits per heavy atom. The molecule has 0 saturated heterocycles. The van der Waals surface area contributed by atoms with E-state index in [1.165, 1.54) is 6.92 Å². The number of hydrogen-bond acceptors (Lipinski definition) is 10. The molecular formula is C38H62Cl2N10O2. The van der Waals surface area contributed by atoms with Crippen molar-refractivity contribution in [2.45, 2.75) is 87.7 Å². The first-order valence-corrected chi connectivity index (χ1v) is 18.0. The summed E-state index contributed by atoms with van der Waals surface area (Å²) in [5, 5.41) is 22.7. The summed E-state index contributed by atoms with van der Waals surface area (Å²) in [6.07, 6.45) is 15.4. The molecule has 2 rings (SSSR count). The van der Waals surface area contributed by atoms with E-state index in [0.29, 0.717) is 24.8 Å². The van der Waals surface area contributed by atoms with Crippen molar-refractivity contribution >= 4 is 63.9 Å². The maximum Gasteiger partial charge on any atom is 0.216 e. The number of aromatic nitrogens is 4. The molecule has 1 amide bonds. The summed E-state index contributed by atoms with van der Waals surface area (Å²) in [4.78, 5) is 21.1. The van der Waals surface area contributed by atoms with Crippen molar-refractivity contribution in [3.8, 4) is 0 Å². The number of amides is 1. The Hall–Kier alpha value is -4.13. The van der Waals surface area contributed by atoms with Crippen molar-refractivity contribution in [1.82, 2.24) is 29.8 Å². The fourth-order valence-corrected chi connectivity index (χ4v) is 3.84. The number of ether oxygens (including phenoxy) is 1. The maximum absolute atomic E-state index is 9.93. The number of rotatable bonds is 16. The van der Waals surface area contributed by atoms with E-state index in [1.807, 2.05) is 77.4 Å². The van der Waals surface area contributed by atoms with Gasteiger partial charge < -0.3 is 20.3 Å². The molecule has 2 aromatic heterocycles. The molecule has 2 aromatic rings. The molecule has 290 valence electrons. The van der Waals surface area contributed by atoms with Crippen molar-refractivity contribution < 1.29 is 9.53 Å². The van der Waals surface area contributed by atoms with Crippen LogP contribution in [-0.4, -0.2) is 99.8 Å². The van der Waals surface area contributed by atoms with Gasteiger partial charge in [0, 0.05) is 75.2 Å². The van der Waals surface area contributed by atoms with Crippen LogP contribution in [0.25, 0.3) is 11.3 Å². The maximum atomic E-state index is 9.93. The highest BCUT2D eigenvalue weighted by Gasteiger charge is 2.17. The Labute approximate surface area is 322 Å².